The van der Waals surface area contributed by atoms with Crippen molar-refractivity contribution in [3.05, 3.63) is 21.6 Å². The van der Waals surface area contributed by atoms with E-state index in [4.69, 9.17) is 22.1 Å². The molecule has 0 fully saturated rings. The Morgan fingerprint density at radius 3 is 2.76 bits per heavy atom. The van der Waals surface area contributed by atoms with Crippen LogP contribution in [0.1, 0.15) is 20.3 Å². The Morgan fingerprint density at radius 1 is 1.52 bits per heavy atom. The van der Waals surface area contributed by atoms with E-state index in [0.29, 0.717) is 24.8 Å². The molecule has 0 saturated heterocycles. The molecule has 0 aliphatic rings. The molecule has 6 nitrogen and oxygen atoms in total. The molecule has 1 heterocycles. The molecule has 7 heteroatoms. The summed E-state index contributed by atoms with van der Waals surface area (Å²) >= 11 is 6.16. The monoisotopic (exact) mass is 316 g/mol. The van der Waals surface area contributed by atoms with Crippen molar-refractivity contribution in [2.24, 2.45) is 11.7 Å². The molecule has 0 spiro atoms. The molecule has 0 amide bonds. The van der Waals surface area contributed by atoms with Gasteiger partial charge in [-0.2, -0.15) is 5.10 Å². The third kappa shape index (κ3) is 4.98. The minimum atomic E-state index is -0.300. The second-order valence-corrected chi connectivity index (χ2v) is 5.86. The number of rotatable bonds is 8. The normalized spacial score (nSPS) is 12.7. The maximum Gasteiger partial charge on any atom is 0.287 e. The molecule has 1 aromatic rings. The molecule has 0 aliphatic carbocycles. The van der Waals surface area contributed by atoms with Crippen LogP contribution in [0.15, 0.2) is 11.0 Å². The van der Waals surface area contributed by atoms with Crippen molar-refractivity contribution in [3.8, 4) is 0 Å². The molecule has 0 aliphatic heterocycles. The third-order valence-electron chi connectivity index (χ3n) is 3.54. The summed E-state index contributed by atoms with van der Waals surface area (Å²) < 4.78 is 6.25. The molecule has 1 unspecified atom stereocenters. The highest BCUT2D eigenvalue weighted by Crippen LogP contribution is 2.20. The molecule has 120 valence electrons. The smallest absolute Gasteiger partial charge is 0.287 e. The van der Waals surface area contributed by atoms with Crippen LogP contribution in [0.25, 0.3) is 0 Å². The highest BCUT2D eigenvalue weighted by Gasteiger charge is 2.14. The molecule has 2 N–H and O–H groups in total. The van der Waals surface area contributed by atoms with Gasteiger partial charge in [-0.05, 0) is 12.3 Å². The second kappa shape index (κ2) is 8.36. The minimum Gasteiger partial charge on any atom is -0.383 e. The van der Waals surface area contributed by atoms with Crippen LogP contribution >= 0.6 is 11.6 Å². The van der Waals surface area contributed by atoms with Crippen LogP contribution < -0.4 is 16.2 Å². The van der Waals surface area contributed by atoms with E-state index in [1.165, 1.54) is 4.68 Å². The third-order valence-corrected chi connectivity index (χ3v) is 3.89. The van der Waals surface area contributed by atoms with E-state index in [1.54, 1.807) is 13.3 Å². The van der Waals surface area contributed by atoms with Crippen LogP contribution in [-0.4, -0.2) is 43.1 Å². The molecular formula is C14H25ClN4O2. The minimum absolute atomic E-state index is 0.126. The summed E-state index contributed by atoms with van der Waals surface area (Å²) in [6, 6.07) is 0.126. The van der Waals surface area contributed by atoms with Gasteiger partial charge in [0.15, 0.2) is 0 Å². The van der Waals surface area contributed by atoms with E-state index in [9.17, 15) is 4.79 Å². The van der Waals surface area contributed by atoms with Crippen molar-refractivity contribution in [2.45, 2.75) is 32.9 Å². The van der Waals surface area contributed by atoms with Gasteiger partial charge in [-0.3, -0.25) is 4.79 Å². The molecule has 1 rings (SSSR count). The fourth-order valence-corrected chi connectivity index (χ4v) is 2.15. The molecule has 0 radical (unpaired) electrons. The van der Waals surface area contributed by atoms with E-state index in [2.05, 4.69) is 18.9 Å². The highest BCUT2D eigenvalue weighted by atomic mass is 35.5. The number of nitrogens with zero attached hydrogens (tertiary/aromatic N) is 3. The fraction of sp³-hybridized carbons (Fsp3) is 0.714. The summed E-state index contributed by atoms with van der Waals surface area (Å²) in [5, 5.41) is 4.31. The molecule has 0 bridgehead atoms. The van der Waals surface area contributed by atoms with E-state index < -0.39 is 0 Å². The number of aromatic nitrogens is 2. The number of ether oxygens (including phenoxy) is 1. The Morgan fingerprint density at radius 2 is 2.19 bits per heavy atom. The largest absolute Gasteiger partial charge is 0.383 e. The van der Waals surface area contributed by atoms with Gasteiger partial charge >= 0.3 is 0 Å². The Kier molecular flexibility index (Phi) is 7.14. The first-order chi connectivity index (χ1) is 9.88. The van der Waals surface area contributed by atoms with Crippen LogP contribution in [-0.2, 0) is 11.3 Å². The number of halogens is 1. The summed E-state index contributed by atoms with van der Waals surface area (Å²) in [5.74, 6) is 0.425. The molecule has 0 saturated carbocycles. The van der Waals surface area contributed by atoms with Crippen LogP contribution in [0.3, 0.4) is 0 Å². The van der Waals surface area contributed by atoms with Gasteiger partial charge in [0.1, 0.15) is 5.02 Å². The number of anilines is 1. The van der Waals surface area contributed by atoms with Crippen molar-refractivity contribution in [2.75, 3.05) is 32.2 Å². The van der Waals surface area contributed by atoms with Crippen LogP contribution in [0.2, 0.25) is 5.02 Å². The summed E-state index contributed by atoms with van der Waals surface area (Å²) in [7, 11) is 3.46. The molecule has 1 atom stereocenters. The Labute approximate surface area is 130 Å². The fourth-order valence-electron chi connectivity index (χ4n) is 1.86. The highest BCUT2D eigenvalue weighted by molar-refractivity contribution is 6.33. The maximum atomic E-state index is 12.1. The van der Waals surface area contributed by atoms with Gasteiger partial charge < -0.3 is 15.4 Å². The topological polar surface area (TPSA) is 73.4 Å². The zero-order valence-electron chi connectivity index (χ0n) is 13.2. The SMILES string of the molecule is COCCn1ncc(N(C)CCC(N)C(C)C)c(Cl)c1=O. The van der Waals surface area contributed by atoms with E-state index in [1.807, 2.05) is 11.9 Å². The van der Waals surface area contributed by atoms with Crippen LogP contribution in [0.5, 0.6) is 0 Å². The zero-order chi connectivity index (χ0) is 16.0. The number of nitrogens with two attached hydrogens (primary N) is 1. The van der Waals surface area contributed by atoms with Gasteiger partial charge in [0.25, 0.3) is 5.56 Å². The van der Waals surface area contributed by atoms with Crippen molar-refractivity contribution in [1.29, 1.82) is 0 Å². The molecular weight excluding hydrogens is 292 g/mol. The Balaban J connectivity index is 2.79. The summed E-state index contributed by atoms with van der Waals surface area (Å²) in [6.07, 6.45) is 2.44. The van der Waals surface area contributed by atoms with Crippen LogP contribution in [0, 0.1) is 5.92 Å². The number of hydrogen-bond donors (Lipinski definition) is 1. The molecule has 1 aromatic heterocycles. The van der Waals surface area contributed by atoms with E-state index in [0.717, 1.165) is 13.0 Å². The summed E-state index contributed by atoms with van der Waals surface area (Å²) in [5.41, 5.74) is 6.37. The van der Waals surface area contributed by atoms with E-state index >= 15 is 0 Å². The van der Waals surface area contributed by atoms with Crippen molar-refractivity contribution in [3.63, 3.8) is 0 Å². The Bertz CT molecular complexity index is 504. The lowest BCUT2D eigenvalue weighted by atomic mass is 10.0. The van der Waals surface area contributed by atoms with Crippen LogP contribution in [0.4, 0.5) is 5.69 Å². The van der Waals surface area contributed by atoms with E-state index in [-0.39, 0.29) is 16.6 Å². The first-order valence-electron chi connectivity index (χ1n) is 7.09. The van der Waals surface area contributed by atoms with Gasteiger partial charge in [-0.1, -0.05) is 25.4 Å². The lowest BCUT2D eigenvalue weighted by Crippen LogP contribution is -2.33. The van der Waals surface area contributed by atoms with Gasteiger partial charge in [0.2, 0.25) is 0 Å². The van der Waals surface area contributed by atoms with Gasteiger partial charge in [0.05, 0.1) is 25.0 Å². The quantitative estimate of drug-likeness (QED) is 0.783. The average molecular weight is 317 g/mol. The average Bonchev–Trinajstić information content (AvgIpc) is 2.45. The lowest BCUT2D eigenvalue weighted by Gasteiger charge is -2.23. The van der Waals surface area contributed by atoms with Crippen molar-refractivity contribution < 1.29 is 4.74 Å². The predicted octanol–water partition coefficient (Wildman–Crippen LogP) is 1.35. The second-order valence-electron chi connectivity index (χ2n) is 5.48. The predicted molar refractivity (Wildman–Crippen MR) is 86.1 cm³/mol. The summed E-state index contributed by atoms with van der Waals surface area (Å²) in [4.78, 5) is 14.0. The maximum absolute atomic E-state index is 12.1. The van der Waals surface area contributed by atoms with Gasteiger partial charge in [0, 0.05) is 26.7 Å². The van der Waals surface area contributed by atoms with Gasteiger partial charge in [-0.15, -0.1) is 0 Å². The van der Waals surface area contributed by atoms with Gasteiger partial charge in [-0.25, -0.2) is 4.68 Å². The number of hydrogen-bond acceptors (Lipinski definition) is 5. The number of methoxy groups -OCH3 is 1. The van der Waals surface area contributed by atoms with Crippen molar-refractivity contribution >= 4 is 17.3 Å². The molecule has 0 aromatic carbocycles. The Hall–Kier alpha value is -1.11. The summed E-state index contributed by atoms with van der Waals surface area (Å²) in [6.45, 7) is 5.72. The zero-order valence-corrected chi connectivity index (χ0v) is 13.9. The lowest BCUT2D eigenvalue weighted by molar-refractivity contribution is 0.182. The first-order valence-corrected chi connectivity index (χ1v) is 7.47. The first kappa shape index (κ1) is 17.9. The standard InChI is InChI=1S/C14H25ClN4O2/c1-10(2)11(16)5-6-18(3)12-9-17-19(7-8-21-4)14(20)13(12)15/h9-11H,5-8,16H2,1-4H3. The van der Waals surface area contributed by atoms with Crippen molar-refractivity contribution in [1.82, 2.24) is 9.78 Å². The molecule has 21 heavy (non-hydrogen) atoms.